The maximum Gasteiger partial charge on any atom is 0.191 e. The highest BCUT2D eigenvalue weighted by molar-refractivity contribution is 6.31. The zero-order chi connectivity index (χ0) is 12.0. The molecule has 2 nitrogen and oxygen atoms in total. The van der Waals surface area contributed by atoms with E-state index in [1.165, 1.54) is 0 Å². The first-order valence-electron chi connectivity index (χ1n) is 5.17. The van der Waals surface area contributed by atoms with Crippen LogP contribution in [0.2, 0.25) is 5.02 Å². The predicted molar refractivity (Wildman–Crippen MR) is 66.0 cm³/mol. The van der Waals surface area contributed by atoms with Gasteiger partial charge in [-0.3, -0.25) is 4.79 Å². The van der Waals surface area contributed by atoms with E-state index in [2.05, 4.69) is 0 Å². The summed E-state index contributed by atoms with van der Waals surface area (Å²) < 4.78 is 5.36. The first kappa shape index (κ1) is 12.9. The summed E-state index contributed by atoms with van der Waals surface area (Å²) in [6.07, 6.45) is 3.30. The van der Waals surface area contributed by atoms with E-state index in [0.717, 1.165) is 0 Å². The number of ether oxygens (including phenoxy) is 1. The van der Waals surface area contributed by atoms with Crippen molar-refractivity contribution >= 4 is 17.4 Å². The molecule has 0 aliphatic carbocycles. The summed E-state index contributed by atoms with van der Waals surface area (Å²) in [4.78, 5) is 11.9. The SMILES string of the molecule is CC=CCOC(C)C(=O)c1cccc(Cl)c1. The number of hydrogen-bond donors (Lipinski definition) is 0. The molecular weight excluding hydrogens is 224 g/mol. The predicted octanol–water partition coefficient (Wildman–Crippen LogP) is 3.50. The normalized spacial score (nSPS) is 12.9. The molecule has 3 heteroatoms. The number of carbonyl (C=O) groups is 1. The molecule has 0 amide bonds. The van der Waals surface area contributed by atoms with Crippen molar-refractivity contribution in [3.05, 3.63) is 47.0 Å². The van der Waals surface area contributed by atoms with E-state index in [9.17, 15) is 4.79 Å². The fourth-order valence-electron chi connectivity index (χ4n) is 1.25. The van der Waals surface area contributed by atoms with E-state index in [4.69, 9.17) is 16.3 Å². The summed E-state index contributed by atoms with van der Waals surface area (Å²) in [5.74, 6) is -0.0491. The van der Waals surface area contributed by atoms with E-state index < -0.39 is 6.10 Å². The molecule has 0 spiro atoms. The molecule has 16 heavy (non-hydrogen) atoms. The molecule has 0 saturated carbocycles. The van der Waals surface area contributed by atoms with Crippen LogP contribution in [0, 0.1) is 0 Å². The minimum Gasteiger partial charge on any atom is -0.366 e. The highest BCUT2D eigenvalue weighted by Gasteiger charge is 2.15. The first-order chi connectivity index (χ1) is 7.65. The number of ketones is 1. The van der Waals surface area contributed by atoms with Crippen LogP contribution in [0.15, 0.2) is 36.4 Å². The molecule has 86 valence electrons. The molecule has 0 N–H and O–H groups in total. The van der Waals surface area contributed by atoms with Crippen LogP contribution in [-0.2, 0) is 4.74 Å². The number of halogens is 1. The zero-order valence-electron chi connectivity index (χ0n) is 9.44. The third kappa shape index (κ3) is 3.80. The van der Waals surface area contributed by atoms with Gasteiger partial charge in [0.05, 0.1) is 6.61 Å². The van der Waals surface area contributed by atoms with Crippen molar-refractivity contribution in [2.24, 2.45) is 0 Å². The van der Waals surface area contributed by atoms with Gasteiger partial charge in [-0.25, -0.2) is 0 Å². The van der Waals surface area contributed by atoms with Gasteiger partial charge in [0, 0.05) is 10.6 Å². The lowest BCUT2D eigenvalue weighted by Crippen LogP contribution is -2.20. The Morgan fingerprint density at radius 1 is 1.56 bits per heavy atom. The fourth-order valence-corrected chi connectivity index (χ4v) is 1.44. The Morgan fingerprint density at radius 2 is 2.31 bits per heavy atom. The molecule has 1 unspecified atom stereocenters. The van der Waals surface area contributed by atoms with Crippen LogP contribution in [0.3, 0.4) is 0 Å². The van der Waals surface area contributed by atoms with Crippen LogP contribution < -0.4 is 0 Å². The molecule has 1 atom stereocenters. The Balaban J connectivity index is 2.63. The van der Waals surface area contributed by atoms with Crippen molar-refractivity contribution in [1.82, 2.24) is 0 Å². The summed E-state index contributed by atoms with van der Waals surface area (Å²) in [6, 6.07) is 6.89. The third-order valence-corrected chi connectivity index (χ3v) is 2.39. The maximum atomic E-state index is 11.9. The van der Waals surface area contributed by atoms with Crippen molar-refractivity contribution in [2.75, 3.05) is 6.61 Å². The Hall–Kier alpha value is -1.12. The highest BCUT2D eigenvalue weighted by atomic mass is 35.5. The number of carbonyl (C=O) groups excluding carboxylic acids is 1. The molecule has 1 rings (SSSR count). The number of allylic oxidation sites excluding steroid dienone is 1. The maximum absolute atomic E-state index is 11.9. The van der Waals surface area contributed by atoms with Crippen LogP contribution in [0.5, 0.6) is 0 Å². The molecule has 1 aromatic rings. The van der Waals surface area contributed by atoms with Gasteiger partial charge in [-0.2, -0.15) is 0 Å². The van der Waals surface area contributed by atoms with Crippen LogP contribution in [0.4, 0.5) is 0 Å². The van der Waals surface area contributed by atoms with Gasteiger partial charge in [-0.15, -0.1) is 0 Å². The number of Topliss-reactive ketones (excluding diaryl/α,β-unsaturated/α-hetero) is 1. The van der Waals surface area contributed by atoms with Crippen molar-refractivity contribution in [2.45, 2.75) is 20.0 Å². The fraction of sp³-hybridized carbons (Fsp3) is 0.308. The van der Waals surface area contributed by atoms with Gasteiger partial charge in [0.25, 0.3) is 0 Å². The first-order valence-corrected chi connectivity index (χ1v) is 5.55. The largest absolute Gasteiger partial charge is 0.366 e. The van der Waals surface area contributed by atoms with Gasteiger partial charge < -0.3 is 4.74 Å². The van der Waals surface area contributed by atoms with Crippen LogP contribution >= 0.6 is 11.6 Å². The Kier molecular flexibility index (Phi) is 5.23. The van der Waals surface area contributed by atoms with Crippen molar-refractivity contribution in [3.63, 3.8) is 0 Å². The van der Waals surface area contributed by atoms with Crippen molar-refractivity contribution in [3.8, 4) is 0 Å². The lowest BCUT2D eigenvalue weighted by molar-refractivity contribution is 0.0566. The van der Waals surface area contributed by atoms with Crippen LogP contribution in [-0.4, -0.2) is 18.5 Å². The van der Waals surface area contributed by atoms with Crippen molar-refractivity contribution < 1.29 is 9.53 Å². The van der Waals surface area contributed by atoms with E-state index >= 15 is 0 Å². The second-order valence-corrected chi connectivity index (χ2v) is 3.86. The molecule has 0 fully saturated rings. The standard InChI is InChI=1S/C13H15ClO2/c1-3-4-8-16-10(2)13(15)11-6-5-7-12(14)9-11/h3-7,9-10H,8H2,1-2H3. The highest BCUT2D eigenvalue weighted by Crippen LogP contribution is 2.13. The Bertz CT molecular complexity index is 385. The molecular formula is C13H15ClO2. The van der Waals surface area contributed by atoms with Crippen LogP contribution in [0.1, 0.15) is 24.2 Å². The average Bonchev–Trinajstić information content (AvgIpc) is 2.28. The monoisotopic (exact) mass is 238 g/mol. The van der Waals surface area contributed by atoms with E-state index in [-0.39, 0.29) is 5.78 Å². The molecule has 0 aromatic heterocycles. The molecule has 0 bridgehead atoms. The summed E-state index contributed by atoms with van der Waals surface area (Å²) in [6.45, 7) is 4.10. The van der Waals surface area contributed by atoms with E-state index in [1.54, 1.807) is 31.2 Å². The number of benzene rings is 1. The van der Waals surface area contributed by atoms with Crippen LogP contribution in [0.25, 0.3) is 0 Å². The second kappa shape index (κ2) is 6.46. The average molecular weight is 239 g/mol. The van der Waals surface area contributed by atoms with Gasteiger partial charge in [0.2, 0.25) is 0 Å². The minimum atomic E-state index is -0.449. The Labute approximate surface area is 101 Å². The third-order valence-electron chi connectivity index (χ3n) is 2.16. The minimum absolute atomic E-state index is 0.0491. The van der Waals surface area contributed by atoms with Crippen molar-refractivity contribution in [1.29, 1.82) is 0 Å². The number of hydrogen-bond acceptors (Lipinski definition) is 2. The zero-order valence-corrected chi connectivity index (χ0v) is 10.2. The topological polar surface area (TPSA) is 26.3 Å². The van der Waals surface area contributed by atoms with Gasteiger partial charge >= 0.3 is 0 Å². The van der Waals surface area contributed by atoms with Gasteiger partial charge in [-0.1, -0.05) is 35.9 Å². The quantitative estimate of drug-likeness (QED) is 0.580. The summed E-state index contributed by atoms with van der Waals surface area (Å²) in [5.41, 5.74) is 0.584. The summed E-state index contributed by atoms with van der Waals surface area (Å²) in [5, 5.41) is 0.562. The molecule has 0 saturated heterocycles. The summed E-state index contributed by atoms with van der Waals surface area (Å²) in [7, 11) is 0. The number of rotatable bonds is 5. The smallest absolute Gasteiger partial charge is 0.191 e. The van der Waals surface area contributed by atoms with Gasteiger partial charge in [0.1, 0.15) is 6.10 Å². The molecule has 1 aromatic carbocycles. The summed E-state index contributed by atoms with van der Waals surface area (Å²) >= 11 is 5.82. The molecule has 0 aliphatic heterocycles. The molecule has 0 radical (unpaired) electrons. The molecule has 0 heterocycles. The second-order valence-electron chi connectivity index (χ2n) is 3.42. The van der Waals surface area contributed by atoms with Gasteiger partial charge in [-0.05, 0) is 26.0 Å². The van der Waals surface area contributed by atoms with Gasteiger partial charge in [0.15, 0.2) is 5.78 Å². The molecule has 0 aliphatic rings. The lowest BCUT2D eigenvalue weighted by atomic mass is 10.1. The van der Waals surface area contributed by atoms with E-state index in [1.807, 2.05) is 19.1 Å². The lowest BCUT2D eigenvalue weighted by Gasteiger charge is -2.10. The van der Waals surface area contributed by atoms with E-state index in [0.29, 0.717) is 17.2 Å². The Morgan fingerprint density at radius 3 is 2.94 bits per heavy atom.